The maximum absolute atomic E-state index is 13.0. The number of fused-ring (bicyclic) bond motifs is 1. The van der Waals surface area contributed by atoms with Gasteiger partial charge in [0.15, 0.2) is 6.23 Å². The molecule has 0 bridgehead atoms. The zero-order valence-corrected chi connectivity index (χ0v) is 20.1. The Morgan fingerprint density at radius 1 is 1.09 bits per heavy atom. The SMILES string of the molecule is CC(C(N)=O)C(OC(=O)c1ccc2c(=O)n(Cc3ccc(Cl)cc3)c(=O)[nH]c2c1)N1CCCCC1. The number of halogens is 1. The molecule has 2 heterocycles. The summed E-state index contributed by atoms with van der Waals surface area (Å²) in [7, 11) is 0. The zero-order valence-electron chi connectivity index (χ0n) is 19.3. The number of carbonyl (C=O) groups excluding carboxylic acids is 2. The van der Waals surface area contributed by atoms with Crippen LogP contribution in [-0.2, 0) is 16.1 Å². The number of ether oxygens (including phenoxy) is 1. The van der Waals surface area contributed by atoms with Crippen LogP contribution >= 0.6 is 11.6 Å². The van der Waals surface area contributed by atoms with E-state index >= 15 is 0 Å². The van der Waals surface area contributed by atoms with Gasteiger partial charge in [-0.05, 0) is 55.7 Å². The number of piperidine rings is 1. The fraction of sp³-hybridized carbons (Fsp3) is 0.360. The van der Waals surface area contributed by atoms with E-state index in [1.54, 1.807) is 31.2 Å². The number of aromatic amines is 1. The molecule has 9 nitrogen and oxygen atoms in total. The number of esters is 1. The maximum Gasteiger partial charge on any atom is 0.339 e. The first-order chi connectivity index (χ1) is 16.7. The van der Waals surface area contributed by atoms with Crippen molar-refractivity contribution in [3.8, 4) is 0 Å². The van der Waals surface area contributed by atoms with E-state index in [1.807, 2.05) is 4.90 Å². The van der Waals surface area contributed by atoms with Gasteiger partial charge in [-0.1, -0.05) is 30.2 Å². The van der Waals surface area contributed by atoms with Crippen LogP contribution in [0.25, 0.3) is 10.9 Å². The lowest BCUT2D eigenvalue weighted by Crippen LogP contribution is -2.49. The van der Waals surface area contributed by atoms with Gasteiger partial charge in [0.05, 0.1) is 28.9 Å². The predicted octanol–water partition coefficient (Wildman–Crippen LogP) is 2.48. The predicted molar refractivity (Wildman–Crippen MR) is 132 cm³/mol. The number of nitrogens with two attached hydrogens (primary N) is 1. The average Bonchev–Trinajstić information content (AvgIpc) is 2.85. The lowest BCUT2D eigenvalue weighted by molar-refractivity contribution is -0.132. The molecule has 1 aromatic heterocycles. The molecule has 1 fully saturated rings. The molecular formula is C25H27ClN4O5. The number of primary amides is 1. The molecule has 1 aliphatic rings. The number of rotatable bonds is 7. The molecule has 2 atom stereocenters. The van der Waals surface area contributed by atoms with Gasteiger partial charge in [0.2, 0.25) is 5.91 Å². The van der Waals surface area contributed by atoms with E-state index in [1.165, 1.54) is 18.2 Å². The van der Waals surface area contributed by atoms with Gasteiger partial charge in [0.1, 0.15) is 0 Å². The Balaban J connectivity index is 1.61. The van der Waals surface area contributed by atoms with Crippen molar-refractivity contribution in [1.82, 2.24) is 14.5 Å². The third-order valence-corrected chi connectivity index (χ3v) is 6.58. The molecule has 1 aliphatic heterocycles. The number of H-pyrrole nitrogens is 1. The Labute approximate surface area is 206 Å². The van der Waals surface area contributed by atoms with Crippen molar-refractivity contribution in [2.24, 2.45) is 11.7 Å². The van der Waals surface area contributed by atoms with E-state index < -0.39 is 35.3 Å². The Morgan fingerprint density at radius 2 is 1.77 bits per heavy atom. The van der Waals surface area contributed by atoms with E-state index in [9.17, 15) is 19.2 Å². The molecule has 3 N–H and O–H groups in total. The molecule has 10 heteroatoms. The van der Waals surface area contributed by atoms with Crippen LogP contribution in [0, 0.1) is 5.92 Å². The van der Waals surface area contributed by atoms with Crippen LogP contribution in [0.1, 0.15) is 42.1 Å². The molecule has 0 radical (unpaired) electrons. The van der Waals surface area contributed by atoms with E-state index in [0.717, 1.165) is 29.4 Å². The topological polar surface area (TPSA) is 127 Å². The van der Waals surface area contributed by atoms with Crippen LogP contribution in [0.15, 0.2) is 52.1 Å². The normalized spacial score (nSPS) is 16.1. The van der Waals surface area contributed by atoms with Gasteiger partial charge in [-0.3, -0.25) is 19.1 Å². The summed E-state index contributed by atoms with van der Waals surface area (Å²) in [5.41, 5.74) is 5.54. The summed E-state index contributed by atoms with van der Waals surface area (Å²) in [5.74, 6) is -1.92. The van der Waals surface area contributed by atoms with Crippen LogP contribution < -0.4 is 17.0 Å². The zero-order chi connectivity index (χ0) is 25.1. The number of nitrogens with one attached hydrogen (secondary N) is 1. The monoisotopic (exact) mass is 498 g/mol. The summed E-state index contributed by atoms with van der Waals surface area (Å²) >= 11 is 5.90. The quantitative estimate of drug-likeness (QED) is 0.482. The highest BCUT2D eigenvalue weighted by molar-refractivity contribution is 6.30. The van der Waals surface area contributed by atoms with Crippen molar-refractivity contribution in [3.63, 3.8) is 0 Å². The summed E-state index contributed by atoms with van der Waals surface area (Å²) in [6, 6.07) is 11.2. The van der Waals surface area contributed by atoms with Gasteiger partial charge in [-0.25, -0.2) is 9.59 Å². The smallest absolute Gasteiger partial charge is 0.339 e. The lowest BCUT2D eigenvalue weighted by Gasteiger charge is -2.36. The number of amides is 1. The second kappa shape index (κ2) is 10.5. The molecule has 0 aliphatic carbocycles. The van der Waals surface area contributed by atoms with Crippen LogP contribution in [0.2, 0.25) is 5.02 Å². The number of benzene rings is 2. The van der Waals surface area contributed by atoms with Crippen molar-refractivity contribution in [3.05, 3.63) is 79.5 Å². The molecule has 1 amide bonds. The second-order valence-corrected chi connectivity index (χ2v) is 9.23. The Hall–Kier alpha value is -3.43. The molecule has 4 rings (SSSR count). The van der Waals surface area contributed by atoms with Gasteiger partial charge in [-0.15, -0.1) is 0 Å². The largest absolute Gasteiger partial charge is 0.442 e. The minimum atomic E-state index is -0.789. The van der Waals surface area contributed by atoms with Gasteiger partial charge in [-0.2, -0.15) is 0 Å². The number of hydrogen-bond acceptors (Lipinski definition) is 6. The fourth-order valence-corrected chi connectivity index (χ4v) is 4.41. The summed E-state index contributed by atoms with van der Waals surface area (Å²) in [5, 5.41) is 0.814. The van der Waals surface area contributed by atoms with Crippen LogP contribution in [0.4, 0.5) is 0 Å². The fourth-order valence-electron chi connectivity index (χ4n) is 4.28. The van der Waals surface area contributed by atoms with Crippen LogP contribution in [0.5, 0.6) is 0 Å². The number of likely N-dealkylation sites (tertiary alicyclic amines) is 1. The lowest BCUT2D eigenvalue weighted by atomic mass is 10.0. The summed E-state index contributed by atoms with van der Waals surface area (Å²) in [6.07, 6.45) is 2.18. The molecule has 184 valence electrons. The molecule has 1 saturated heterocycles. The van der Waals surface area contributed by atoms with Crippen molar-refractivity contribution in [2.45, 2.75) is 39.0 Å². The number of nitrogens with zero attached hydrogens (tertiary/aromatic N) is 2. The van der Waals surface area contributed by atoms with Crippen molar-refractivity contribution in [1.29, 1.82) is 0 Å². The van der Waals surface area contributed by atoms with Gasteiger partial charge < -0.3 is 15.5 Å². The maximum atomic E-state index is 13.0. The third kappa shape index (κ3) is 5.47. The van der Waals surface area contributed by atoms with Crippen molar-refractivity contribution < 1.29 is 14.3 Å². The highest BCUT2D eigenvalue weighted by Crippen LogP contribution is 2.21. The molecule has 0 spiro atoms. The summed E-state index contributed by atoms with van der Waals surface area (Å²) < 4.78 is 6.81. The minimum absolute atomic E-state index is 0.0770. The summed E-state index contributed by atoms with van der Waals surface area (Å²) in [4.78, 5) is 55.1. The number of carbonyl (C=O) groups is 2. The molecular weight excluding hydrogens is 472 g/mol. The Bertz CT molecular complexity index is 1360. The second-order valence-electron chi connectivity index (χ2n) is 8.79. The molecule has 3 aromatic rings. The van der Waals surface area contributed by atoms with E-state index in [4.69, 9.17) is 22.1 Å². The molecule has 2 aromatic carbocycles. The first-order valence-corrected chi connectivity index (χ1v) is 11.9. The van der Waals surface area contributed by atoms with E-state index in [-0.39, 0.29) is 23.0 Å². The minimum Gasteiger partial charge on any atom is -0.442 e. The Kier molecular flexibility index (Phi) is 7.37. The standard InChI is InChI=1S/C25H27ClN4O5/c1-15(21(27)31)23(29-11-3-2-4-12-29)35-24(33)17-7-10-19-20(13-17)28-25(34)30(22(19)32)14-16-5-8-18(26)9-6-16/h5-10,13,15,23H,2-4,11-12,14H2,1H3,(H2,27,31)(H,28,34). The van der Waals surface area contributed by atoms with Crippen molar-refractivity contribution >= 4 is 34.4 Å². The highest BCUT2D eigenvalue weighted by atomic mass is 35.5. The van der Waals surface area contributed by atoms with Gasteiger partial charge in [0.25, 0.3) is 5.56 Å². The average molecular weight is 499 g/mol. The van der Waals surface area contributed by atoms with E-state index in [0.29, 0.717) is 18.1 Å². The molecule has 35 heavy (non-hydrogen) atoms. The first kappa shape index (κ1) is 24.7. The van der Waals surface area contributed by atoms with Crippen LogP contribution in [-0.4, -0.2) is 45.6 Å². The number of aromatic nitrogens is 2. The summed E-state index contributed by atoms with van der Waals surface area (Å²) in [6.45, 7) is 3.12. The molecule has 2 unspecified atom stereocenters. The Morgan fingerprint density at radius 3 is 2.43 bits per heavy atom. The van der Waals surface area contributed by atoms with Gasteiger partial charge >= 0.3 is 11.7 Å². The first-order valence-electron chi connectivity index (χ1n) is 11.5. The molecule has 0 saturated carbocycles. The van der Waals surface area contributed by atoms with Crippen molar-refractivity contribution in [2.75, 3.05) is 13.1 Å². The van der Waals surface area contributed by atoms with E-state index in [2.05, 4.69) is 4.98 Å². The van der Waals surface area contributed by atoms with Crippen LogP contribution in [0.3, 0.4) is 0 Å². The third-order valence-electron chi connectivity index (χ3n) is 6.33. The van der Waals surface area contributed by atoms with Gasteiger partial charge in [0, 0.05) is 18.1 Å². The highest BCUT2D eigenvalue weighted by Gasteiger charge is 2.32. The number of hydrogen-bond donors (Lipinski definition) is 2.